The summed E-state index contributed by atoms with van der Waals surface area (Å²) in [5.74, 6) is 1.73. The van der Waals surface area contributed by atoms with Crippen LogP contribution in [0.15, 0.2) is 9.79 Å². The Morgan fingerprint density at radius 2 is 2.07 bits per heavy atom. The molecule has 0 saturated carbocycles. The van der Waals surface area contributed by atoms with E-state index in [1.807, 2.05) is 4.90 Å². The van der Waals surface area contributed by atoms with Gasteiger partial charge < -0.3 is 10.2 Å². The second kappa shape index (κ2) is 7.65. The van der Waals surface area contributed by atoms with Crippen LogP contribution in [0.25, 0.3) is 0 Å². The first-order chi connectivity index (χ1) is 12.7. The molecule has 1 saturated heterocycles. The Bertz CT molecular complexity index is 868. The van der Waals surface area contributed by atoms with Crippen LogP contribution in [-0.2, 0) is 29.3 Å². The van der Waals surface area contributed by atoms with Crippen LogP contribution in [0.2, 0.25) is 0 Å². The number of sulfone groups is 1. The van der Waals surface area contributed by atoms with E-state index in [0.29, 0.717) is 32.1 Å². The van der Waals surface area contributed by atoms with E-state index in [1.54, 1.807) is 30.1 Å². The SMILES string of the molecule is CN=C(NCCCn1nc2n(c1=O)CCCC2)N1CCS(=O)(=O)C(C)(C)C1. The number of aromatic nitrogens is 3. The van der Waals surface area contributed by atoms with E-state index in [4.69, 9.17) is 0 Å². The van der Waals surface area contributed by atoms with E-state index >= 15 is 0 Å². The van der Waals surface area contributed by atoms with Gasteiger partial charge in [-0.25, -0.2) is 17.9 Å². The minimum atomic E-state index is -3.08. The van der Waals surface area contributed by atoms with E-state index in [0.717, 1.165) is 38.1 Å². The van der Waals surface area contributed by atoms with E-state index in [1.165, 1.54) is 0 Å². The molecule has 1 N–H and O–H groups in total. The fraction of sp³-hybridized carbons (Fsp3) is 0.824. The van der Waals surface area contributed by atoms with Gasteiger partial charge in [0.2, 0.25) is 0 Å². The normalized spacial score (nSPS) is 21.7. The molecule has 0 radical (unpaired) electrons. The third-order valence-electron chi connectivity index (χ3n) is 5.42. The zero-order chi connectivity index (χ0) is 19.7. The Balaban J connectivity index is 1.53. The molecule has 0 spiro atoms. The molecule has 0 aromatic carbocycles. The fourth-order valence-electron chi connectivity index (χ4n) is 3.68. The molecule has 2 aliphatic rings. The molecule has 10 heteroatoms. The van der Waals surface area contributed by atoms with Gasteiger partial charge in [-0.1, -0.05) is 0 Å². The van der Waals surface area contributed by atoms with Gasteiger partial charge >= 0.3 is 5.69 Å². The quantitative estimate of drug-likeness (QED) is 0.430. The second-order valence-electron chi connectivity index (χ2n) is 7.86. The zero-order valence-electron chi connectivity index (χ0n) is 16.4. The highest BCUT2D eigenvalue weighted by molar-refractivity contribution is 7.92. The van der Waals surface area contributed by atoms with Gasteiger partial charge in [0, 0.05) is 46.2 Å². The molecule has 1 aromatic heterocycles. The van der Waals surface area contributed by atoms with Crippen LogP contribution in [0.4, 0.5) is 0 Å². The van der Waals surface area contributed by atoms with Crippen LogP contribution in [-0.4, -0.2) is 70.8 Å². The average Bonchev–Trinajstić information content (AvgIpc) is 2.94. The lowest BCUT2D eigenvalue weighted by Gasteiger charge is -2.39. The van der Waals surface area contributed by atoms with Crippen molar-refractivity contribution in [3.8, 4) is 0 Å². The number of hydrogen-bond donors (Lipinski definition) is 1. The highest BCUT2D eigenvalue weighted by atomic mass is 32.2. The molecule has 0 atom stereocenters. The summed E-state index contributed by atoms with van der Waals surface area (Å²) in [5.41, 5.74) is -0.0166. The fourth-order valence-corrected chi connectivity index (χ4v) is 5.05. The number of guanidine groups is 1. The maximum Gasteiger partial charge on any atom is 0.345 e. The van der Waals surface area contributed by atoms with Crippen molar-refractivity contribution in [1.82, 2.24) is 24.6 Å². The van der Waals surface area contributed by atoms with E-state index < -0.39 is 14.6 Å². The maximum atomic E-state index is 12.3. The molecular formula is C17H30N6O3S. The minimum Gasteiger partial charge on any atom is -0.356 e. The van der Waals surface area contributed by atoms with Crippen molar-refractivity contribution in [2.24, 2.45) is 4.99 Å². The third kappa shape index (κ3) is 4.04. The lowest BCUT2D eigenvalue weighted by Crippen LogP contribution is -2.57. The van der Waals surface area contributed by atoms with Gasteiger partial charge in [-0.15, -0.1) is 0 Å². The Kier molecular flexibility index (Phi) is 5.64. The molecular weight excluding hydrogens is 368 g/mol. The summed E-state index contributed by atoms with van der Waals surface area (Å²) in [4.78, 5) is 18.6. The highest BCUT2D eigenvalue weighted by Gasteiger charge is 2.40. The predicted molar refractivity (Wildman–Crippen MR) is 105 cm³/mol. The van der Waals surface area contributed by atoms with Gasteiger partial charge in [-0.2, -0.15) is 5.10 Å². The first-order valence-corrected chi connectivity index (χ1v) is 11.2. The van der Waals surface area contributed by atoms with Crippen molar-refractivity contribution >= 4 is 15.8 Å². The summed E-state index contributed by atoms with van der Waals surface area (Å²) in [6, 6.07) is 0. The molecule has 0 aliphatic carbocycles. The Labute approximate surface area is 160 Å². The topological polar surface area (TPSA) is 102 Å². The van der Waals surface area contributed by atoms with Gasteiger partial charge in [0.1, 0.15) is 5.82 Å². The Morgan fingerprint density at radius 3 is 2.74 bits per heavy atom. The number of nitrogens with zero attached hydrogens (tertiary/aromatic N) is 5. The van der Waals surface area contributed by atoms with Crippen molar-refractivity contribution in [3.05, 3.63) is 16.3 Å². The number of fused-ring (bicyclic) bond motifs is 1. The van der Waals surface area contributed by atoms with Gasteiger partial charge in [0.05, 0.1) is 10.5 Å². The van der Waals surface area contributed by atoms with Crippen molar-refractivity contribution in [3.63, 3.8) is 0 Å². The summed E-state index contributed by atoms with van der Waals surface area (Å²) in [6.07, 6.45) is 3.75. The van der Waals surface area contributed by atoms with Crippen molar-refractivity contribution in [2.45, 2.75) is 57.4 Å². The maximum absolute atomic E-state index is 12.3. The molecule has 0 unspecified atom stereocenters. The highest BCUT2D eigenvalue weighted by Crippen LogP contribution is 2.23. The summed E-state index contributed by atoms with van der Waals surface area (Å²) >= 11 is 0. The molecule has 27 heavy (non-hydrogen) atoms. The van der Waals surface area contributed by atoms with Crippen LogP contribution in [0.5, 0.6) is 0 Å². The van der Waals surface area contributed by atoms with Crippen LogP contribution < -0.4 is 11.0 Å². The van der Waals surface area contributed by atoms with Gasteiger partial charge in [0.15, 0.2) is 15.8 Å². The summed E-state index contributed by atoms with van der Waals surface area (Å²) < 4.78 is 26.9. The van der Waals surface area contributed by atoms with Gasteiger partial charge in [0.25, 0.3) is 0 Å². The number of aryl methyl sites for hydroxylation is 2. The largest absolute Gasteiger partial charge is 0.356 e. The summed E-state index contributed by atoms with van der Waals surface area (Å²) in [5, 5.41) is 7.73. The second-order valence-corrected chi connectivity index (χ2v) is 10.6. The molecule has 9 nitrogen and oxygen atoms in total. The number of aliphatic imine (C=N–C) groups is 1. The standard InChI is InChI=1S/C17H30N6O3S/c1-17(2)13-21(11-12-27(17,25)26)15(18-3)19-8-6-10-23-16(24)22-9-5-4-7-14(22)20-23/h4-13H2,1-3H3,(H,18,19). The van der Waals surface area contributed by atoms with Crippen molar-refractivity contribution < 1.29 is 8.42 Å². The molecule has 0 amide bonds. The smallest absolute Gasteiger partial charge is 0.345 e. The van der Waals surface area contributed by atoms with E-state index in [9.17, 15) is 13.2 Å². The van der Waals surface area contributed by atoms with Crippen LogP contribution in [0.1, 0.15) is 38.9 Å². The summed E-state index contributed by atoms with van der Waals surface area (Å²) in [6.45, 7) is 6.35. The molecule has 0 bridgehead atoms. The van der Waals surface area contributed by atoms with Gasteiger partial charge in [-0.3, -0.25) is 9.56 Å². The number of hydrogen-bond acceptors (Lipinski definition) is 5. The first kappa shape index (κ1) is 19.9. The molecule has 2 aliphatic heterocycles. The van der Waals surface area contributed by atoms with E-state index in [2.05, 4.69) is 15.4 Å². The number of nitrogens with one attached hydrogen (secondary N) is 1. The van der Waals surface area contributed by atoms with Gasteiger partial charge in [-0.05, 0) is 33.1 Å². The summed E-state index contributed by atoms with van der Waals surface area (Å²) in [7, 11) is -1.38. The van der Waals surface area contributed by atoms with Crippen LogP contribution in [0.3, 0.4) is 0 Å². The molecule has 152 valence electrons. The first-order valence-electron chi connectivity index (χ1n) is 9.59. The Morgan fingerprint density at radius 1 is 1.30 bits per heavy atom. The Hall–Kier alpha value is -1.84. The van der Waals surface area contributed by atoms with Crippen molar-refractivity contribution in [2.75, 3.05) is 32.4 Å². The molecule has 3 rings (SSSR count). The van der Waals surface area contributed by atoms with Crippen molar-refractivity contribution in [1.29, 1.82) is 0 Å². The number of rotatable bonds is 4. The van der Waals surface area contributed by atoms with Crippen LogP contribution in [0, 0.1) is 0 Å². The third-order valence-corrected chi connectivity index (χ3v) is 7.95. The molecule has 1 fully saturated rings. The molecule has 1 aromatic rings. The monoisotopic (exact) mass is 398 g/mol. The lowest BCUT2D eigenvalue weighted by molar-refractivity contribution is 0.352. The molecule has 3 heterocycles. The zero-order valence-corrected chi connectivity index (χ0v) is 17.3. The minimum absolute atomic E-state index is 0.0166. The van der Waals surface area contributed by atoms with E-state index in [-0.39, 0.29) is 11.4 Å². The lowest BCUT2D eigenvalue weighted by atomic mass is 10.2. The predicted octanol–water partition coefficient (Wildman–Crippen LogP) is -0.144. The van der Waals surface area contributed by atoms with Crippen LogP contribution >= 0.6 is 0 Å². The average molecular weight is 399 g/mol.